The van der Waals surface area contributed by atoms with E-state index in [0.29, 0.717) is 5.92 Å². The quantitative estimate of drug-likeness (QED) is 0.840. The molecule has 0 bridgehead atoms. The molecule has 0 spiro atoms. The lowest BCUT2D eigenvalue weighted by atomic mass is 9.78. The first-order valence-corrected chi connectivity index (χ1v) is 6.70. The third-order valence-electron chi connectivity index (χ3n) is 4.06. The van der Waals surface area contributed by atoms with Crippen molar-refractivity contribution >= 4 is 0 Å². The van der Waals surface area contributed by atoms with E-state index >= 15 is 0 Å². The zero-order valence-corrected chi connectivity index (χ0v) is 9.82. The van der Waals surface area contributed by atoms with Crippen molar-refractivity contribution in [3.8, 4) is 0 Å². The fraction of sp³-hybridized carbons (Fsp3) is 0.714. The van der Waals surface area contributed by atoms with Crippen LogP contribution in [0.25, 0.3) is 0 Å². The summed E-state index contributed by atoms with van der Waals surface area (Å²) in [6, 6.07) is 5.01. The molecule has 16 heavy (non-hydrogen) atoms. The van der Waals surface area contributed by atoms with E-state index < -0.39 is 0 Å². The van der Waals surface area contributed by atoms with Gasteiger partial charge in [0, 0.05) is 12.0 Å². The average molecular weight is 219 g/mol. The molecular weight excluding hydrogens is 198 g/mol. The lowest BCUT2D eigenvalue weighted by Gasteiger charge is -2.30. The molecule has 2 unspecified atom stereocenters. The van der Waals surface area contributed by atoms with Crippen LogP contribution in [0.15, 0.2) is 22.8 Å². The molecule has 2 atom stereocenters. The van der Waals surface area contributed by atoms with E-state index in [-0.39, 0.29) is 0 Å². The van der Waals surface area contributed by atoms with Gasteiger partial charge in [0.15, 0.2) is 0 Å². The maximum Gasteiger partial charge on any atom is 0.107 e. The molecule has 2 fully saturated rings. The maximum absolute atomic E-state index is 5.60. The van der Waals surface area contributed by atoms with E-state index in [9.17, 15) is 0 Å². The Morgan fingerprint density at radius 2 is 2.06 bits per heavy atom. The first kappa shape index (κ1) is 10.4. The van der Waals surface area contributed by atoms with Crippen molar-refractivity contribution in [2.24, 2.45) is 5.92 Å². The van der Waals surface area contributed by atoms with E-state index in [2.05, 4.69) is 11.4 Å². The van der Waals surface area contributed by atoms with Gasteiger partial charge in [0.2, 0.25) is 0 Å². The van der Waals surface area contributed by atoms with Crippen LogP contribution in [-0.4, -0.2) is 12.6 Å². The molecule has 2 saturated carbocycles. The zero-order chi connectivity index (χ0) is 10.8. The Morgan fingerprint density at radius 3 is 2.81 bits per heavy atom. The van der Waals surface area contributed by atoms with Crippen molar-refractivity contribution in [2.75, 3.05) is 6.54 Å². The highest BCUT2D eigenvalue weighted by atomic mass is 16.3. The van der Waals surface area contributed by atoms with Crippen molar-refractivity contribution in [1.82, 2.24) is 5.32 Å². The summed E-state index contributed by atoms with van der Waals surface area (Å²) in [6.07, 6.45) is 10.0. The lowest BCUT2D eigenvalue weighted by molar-refractivity contribution is 0.263. The maximum atomic E-state index is 5.60. The number of nitrogens with one attached hydrogen (secondary N) is 1. The van der Waals surface area contributed by atoms with Gasteiger partial charge in [0.05, 0.1) is 6.26 Å². The Balaban J connectivity index is 1.63. The molecule has 1 aromatic heterocycles. The van der Waals surface area contributed by atoms with Crippen LogP contribution in [0.3, 0.4) is 0 Å². The van der Waals surface area contributed by atoms with Gasteiger partial charge >= 0.3 is 0 Å². The fourth-order valence-corrected chi connectivity index (χ4v) is 2.93. The second-order valence-electron chi connectivity index (χ2n) is 5.35. The summed E-state index contributed by atoms with van der Waals surface area (Å²) in [7, 11) is 0. The first-order chi connectivity index (χ1) is 7.93. The second kappa shape index (κ2) is 4.62. The molecule has 0 amide bonds. The van der Waals surface area contributed by atoms with Gasteiger partial charge in [0.25, 0.3) is 0 Å². The Hall–Kier alpha value is -0.760. The molecule has 2 aliphatic rings. The van der Waals surface area contributed by atoms with Gasteiger partial charge in [-0.1, -0.05) is 12.8 Å². The summed E-state index contributed by atoms with van der Waals surface area (Å²) < 4.78 is 5.60. The summed E-state index contributed by atoms with van der Waals surface area (Å²) in [5.41, 5.74) is 0. The molecule has 88 valence electrons. The van der Waals surface area contributed by atoms with Crippen LogP contribution < -0.4 is 5.32 Å². The Kier molecular flexibility index (Phi) is 3.00. The monoisotopic (exact) mass is 219 g/mol. The minimum atomic E-state index is 0.662. The number of furan rings is 1. The summed E-state index contributed by atoms with van der Waals surface area (Å²) >= 11 is 0. The van der Waals surface area contributed by atoms with Crippen LogP contribution in [0.4, 0.5) is 0 Å². The Bertz CT molecular complexity index is 315. The van der Waals surface area contributed by atoms with Gasteiger partial charge < -0.3 is 9.73 Å². The van der Waals surface area contributed by atoms with Crippen LogP contribution in [0.1, 0.15) is 50.2 Å². The van der Waals surface area contributed by atoms with E-state index in [1.54, 1.807) is 0 Å². The van der Waals surface area contributed by atoms with Gasteiger partial charge in [-0.2, -0.15) is 0 Å². The molecule has 1 aromatic rings. The van der Waals surface area contributed by atoms with Crippen molar-refractivity contribution in [3.05, 3.63) is 24.2 Å². The van der Waals surface area contributed by atoms with Crippen LogP contribution in [0.2, 0.25) is 0 Å². The predicted molar refractivity (Wildman–Crippen MR) is 64.4 cm³/mol. The lowest BCUT2D eigenvalue weighted by Crippen LogP contribution is -2.30. The van der Waals surface area contributed by atoms with E-state index in [0.717, 1.165) is 12.0 Å². The minimum Gasteiger partial charge on any atom is -0.469 e. The predicted octanol–water partition coefficient (Wildman–Crippen LogP) is 3.31. The standard InChI is InChI=1S/C14H21NO/c1-2-5-13(14-6-3-9-16-14)11(4-1)10-15-12-7-8-12/h3,6,9,11-13,15H,1-2,4-5,7-8,10H2. The van der Waals surface area contributed by atoms with Crippen molar-refractivity contribution in [3.63, 3.8) is 0 Å². The third-order valence-corrected chi connectivity index (χ3v) is 4.06. The van der Waals surface area contributed by atoms with Crippen molar-refractivity contribution < 1.29 is 4.42 Å². The first-order valence-electron chi connectivity index (χ1n) is 6.70. The molecule has 2 aliphatic carbocycles. The van der Waals surface area contributed by atoms with Crippen molar-refractivity contribution in [2.45, 2.75) is 50.5 Å². The second-order valence-corrected chi connectivity index (χ2v) is 5.35. The molecule has 0 radical (unpaired) electrons. The molecule has 3 rings (SSSR count). The summed E-state index contributed by atoms with van der Waals surface area (Å²) in [6.45, 7) is 1.19. The molecule has 0 aliphatic heterocycles. The number of hydrogen-bond acceptors (Lipinski definition) is 2. The van der Waals surface area contributed by atoms with Crippen molar-refractivity contribution in [1.29, 1.82) is 0 Å². The SMILES string of the molecule is c1coc(C2CCCCC2CNC2CC2)c1. The van der Waals surface area contributed by atoms with Crippen LogP contribution in [-0.2, 0) is 0 Å². The highest BCUT2D eigenvalue weighted by molar-refractivity contribution is 5.08. The molecule has 2 nitrogen and oxygen atoms in total. The third kappa shape index (κ3) is 2.32. The van der Waals surface area contributed by atoms with Crippen LogP contribution in [0, 0.1) is 5.92 Å². The molecule has 0 saturated heterocycles. The highest BCUT2D eigenvalue weighted by Gasteiger charge is 2.30. The summed E-state index contributed by atoms with van der Waals surface area (Å²) in [4.78, 5) is 0. The van der Waals surface area contributed by atoms with Gasteiger partial charge in [0.1, 0.15) is 5.76 Å². The average Bonchev–Trinajstić information content (AvgIpc) is 3.00. The Labute approximate surface area is 97.4 Å². The summed E-state index contributed by atoms with van der Waals surface area (Å²) in [5.74, 6) is 2.66. The summed E-state index contributed by atoms with van der Waals surface area (Å²) in [5, 5.41) is 3.68. The largest absolute Gasteiger partial charge is 0.469 e. The topological polar surface area (TPSA) is 25.2 Å². The molecule has 0 aromatic carbocycles. The number of hydrogen-bond donors (Lipinski definition) is 1. The normalized spacial score (nSPS) is 30.5. The van der Waals surface area contributed by atoms with Gasteiger partial charge in [-0.25, -0.2) is 0 Å². The fourth-order valence-electron chi connectivity index (χ4n) is 2.93. The van der Waals surface area contributed by atoms with E-state index in [4.69, 9.17) is 4.42 Å². The highest BCUT2D eigenvalue weighted by Crippen LogP contribution is 2.38. The van der Waals surface area contributed by atoms with Crippen LogP contribution >= 0.6 is 0 Å². The molecule has 1 N–H and O–H groups in total. The van der Waals surface area contributed by atoms with Gasteiger partial charge in [-0.05, 0) is 50.3 Å². The van der Waals surface area contributed by atoms with E-state index in [1.807, 2.05) is 12.3 Å². The minimum absolute atomic E-state index is 0.662. The van der Waals surface area contributed by atoms with Gasteiger partial charge in [-0.15, -0.1) is 0 Å². The number of rotatable bonds is 4. The smallest absolute Gasteiger partial charge is 0.107 e. The molecular formula is C14H21NO. The Morgan fingerprint density at radius 1 is 1.19 bits per heavy atom. The molecule has 2 heteroatoms. The zero-order valence-electron chi connectivity index (χ0n) is 9.82. The van der Waals surface area contributed by atoms with Gasteiger partial charge in [-0.3, -0.25) is 0 Å². The van der Waals surface area contributed by atoms with Crippen LogP contribution in [0.5, 0.6) is 0 Å². The van der Waals surface area contributed by atoms with E-state index in [1.165, 1.54) is 50.8 Å². The molecule has 1 heterocycles.